The highest BCUT2D eigenvalue weighted by atomic mass is 16.8. The normalized spacial score (nSPS) is 35.6. The molecule has 0 saturated carbocycles. The zero-order chi connectivity index (χ0) is 109. The molecule has 7 aliphatic rings. The number of hydrogen-bond acceptors (Lipinski definition) is 44. The standard InChI is InChI=1S/C96H164N4O47/c1-7-9-11-13-15-17-19-21-22-24-26-28-30-32-34-36-66(117)100-54(55(112)35-33-31-29-27-25-23-20-18-16-14-12-10-8-2)48-134-88-78(126)76(124)81(64(46-106)137-88)140-90-79(127)86(82(65(47-107)138-90)141-87-53(37-49(3)108)80(72(120)61(43-103)135-87)139-89-77(125)75(123)71(119)60(42-102)136-89)147-96(93(132)133)40-58(115)69(99-52(6)111)85(146-96)74(122)63(45-105)143-95(92(130)131)39-57(114)68(98-51(5)110)84(145-95)73(121)62(44-104)142-94(91(128)129)38-56(113)67(97-50(4)109)83(144-94)70(118)59(116)41-101/h21-22,33,35,53-65,67-90,101-107,112-116,118-127H,7-20,23-32,34,36-48H2,1-6H3,(H,97,109)(H,98,110)(H,99,111)(H,100,117)(H,128,129)(H,130,131)(H,132,133)/b22-21-,35-33+/t53-,54+,55-,56+,57+,58+,59-,60-,61-,62-,63-,64-,65-,67-,68-,69-,70-,71+,72+,73-,74-,75+,76-,77-,78-,79-,80-,81-,82+,83?,84?,85?,86-,87+,88-,89+,90+,94-,95-,96+/m1/s1. The highest BCUT2D eigenvalue weighted by Crippen LogP contribution is 2.46. The Kier molecular flexibility index (Phi) is 54.9. The Bertz CT molecular complexity index is 3960. The van der Waals surface area contributed by atoms with E-state index in [-0.39, 0.29) is 6.42 Å². The van der Waals surface area contributed by atoms with Crippen molar-refractivity contribution in [3.8, 4) is 0 Å². The minimum absolute atomic E-state index is 0.0419. The van der Waals surface area contributed by atoms with E-state index in [1.165, 1.54) is 63.9 Å². The first kappa shape index (κ1) is 128. The Morgan fingerprint density at radius 1 is 0.388 bits per heavy atom. The number of ether oxygens (including phenoxy) is 14. The second-order valence-corrected chi connectivity index (χ2v) is 39.2. The number of rotatable bonds is 66. The van der Waals surface area contributed by atoms with Gasteiger partial charge in [-0.25, -0.2) is 14.4 Å². The number of carboxylic acids is 3. The van der Waals surface area contributed by atoms with Gasteiger partial charge < -0.3 is 220 Å². The van der Waals surface area contributed by atoms with Crippen LogP contribution in [0.4, 0.5) is 0 Å². The fourth-order valence-corrected chi connectivity index (χ4v) is 19.4. The van der Waals surface area contributed by atoms with E-state index in [0.717, 1.165) is 111 Å². The van der Waals surface area contributed by atoms with Crippen LogP contribution in [0.3, 0.4) is 0 Å². The fourth-order valence-electron chi connectivity index (χ4n) is 19.4. The molecular formula is C96H164N4O47. The molecule has 51 heteroatoms. The summed E-state index contributed by atoms with van der Waals surface area (Å²) < 4.78 is 84.4. The van der Waals surface area contributed by atoms with Crippen LogP contribution in [0.2, 0.25) is 0 Å². The summed E-state index contributed by atoms with van der Waals surface area (Å²) >= 11 is 0. The molecule has 29 N–H and O–H groups in total. The molecular weight excluding hydrogens is 1960 g/mol. The number of hydrogen-bond donors (Lipinski definition) is 29. The molecule has 51 nitrogen and oxygen atoms in total. The molecule has 7 fully saturated rings. The van der Waals surface area contributed by atoms with Crippen molar-refractivity contribution in [1.82, 2.24) is 21.3 Å². The van der Waals surface area contributed by atoms with Crippen molar-refractivity contribution in [3.63, 3.8) is 0 Å². The largest absolute Gasteiger partial charge is 0.477 e. The van der Waals surface area contributed by atoms with Gasteiger partial charge in [-0.1, -0.05) is 154 Å². The highest BCUT2D eigenvalue weighted by Gasteiger charge is 2.66. The molecule has 7 saturated heterocycles. The van der Waals surface area contributed by atoms with Crippen molar-refractivity contribution in [2.45, 2.75) is 472 Å². The first-order valence-corrected chi connectivity index (χ1v) is 51.2. The molecule has 3 unspecified atom stereocenters. The lowest BCUT2D eigenvalue weighted by atomic mass is 9.86. The topological polar surface area (TPSA) is 820 Å². The number of aliphatic carboxylic acids is 3. The summed E-state index contributed by atoms with van der Waals surface area (Å²) in [6, 6.07) is -7.46. The molecule has 40 atom stereocenters. The fraction of sp³-hybridized carbons (Fsp3) is 0.875. The number of aliphatic hydroxyl groups is 22. The Morgan fingerprint density at radius 2 is 0.762 bits per heavy atom. The molecule has 0 radical (unpaired) electrons. The summed E-state index contributed by atoms with van der Waals surface area (Å²) in [6.45, 7) is -2.20. The molecule has 7 aliphatic heterocycles. The van der Waals surface area contributed by atoms with Crippen LogP contribution in [0.1, 0.15) is 234 Å². The Morgan fingerprint density at radius 3 is 1.20 bits per heavy atom. The third-order valence-corrected chi connectivity index (χ3v) is 27.5. The van der Waals surface area contributed by atoms with Crippen LogP contribution >= 0.6 is 0 Å². The number of unbranched alkanes of at least 4 members (excludes halogenated alkanes) is 22. The molecule has 0 aromatic carbocycles. The second-order valence-electron chi connectivity index (χ2n) is 39.2. The molecule has 7 rings (SSSR count). The smallest absolute Gasteiger partial charge is 0.364 e. The predicted molar refractivity (Wildman–Crippen MR) is 502 cm³/mol. The zero-order valence-corrected chi connectivity index (χ0v) is 84.2. The van der Waals surface area contributed by atoms with Crippen LogP contribution in [0.5, 0.6) is 0 Å². The Balaban J connectivity index is 1.24. The molecule has 0 spiro atoms. The van der Waals surface area contributed by atoms with E-state index in [9.17, 15) is 166 Å². The molecule has 0 aromatic rings. The van der Waals surface area contributed by atoms with Crippen LogP contribution in [-0.4, -0.2) is 465 Å². The third-order valence-electron chi connectivity index (χ3n) is 27.5. The number of carbonyl (C=O) groups excluding carboxylic acids is 5. The first-order chi connectivity index (χ1) is 69.9. The van der Waals surface area contributed by atoms with Gasteiger partial charge in [-0.3, -0.25) is 19.2 Å². The number of nitrogens with one attached hydrogen (secondary N) is 4. The summed E-state index contributed by atoms with van der Waals surface area (Å²) in [5.41, 5.74) is 0. The number of aliphatic hydroxyl groups excluding tert-OH is 22. The van der Waals surface area contributed by atoms with Crippen LogP contribution in [0, 0.1) is 5.92 Å². The summed E-state index contributed by atoms with van der Waals surface area (Å²) in [6.07, 6.45) is -46.0. The first-order valence-electron chi connectivity index (χ1n) is 51.2. The van der Waals surface area contributed by atoms with Crippen LogP contribution in [-0.2, 0) is 105 Å². The van der Waals surface area contributed by atoms with E-state index in [1.54, 1.807) is 6.08 Å². The maximum atomic E-state index is 14.7. The summed E-state index contributed by atoms with van der Waals surface area (Å²) in [7, 11) is 0. The predicted octanol–water partition coefficient (Wildman–Crippen LogP) is -5.83. The minimum Gasteiger partial charge on any atom is -0.477 e. The van der Waals surface area contributed by atoms with Crippen molar-refractivity contribution >= 4 is 47.3 Å². The Hall–Kier alpha value is -6.00. The lowest BCUT2D eigenvalue weighted by molar-refractivity contribution is -0.407. The number of amides is 4. The van der Waals surface area contributed by atoms with Crippen molar-refractivity contribution in [2.75, 3.05) is 52.9 Å². The maximum absolute atomic E-state index is 14.7. The SMILES string of the molecule is CCCCCCCC/C=C\CCCCCCCC(=O)N[C@@H](CO[C@@H]1O[C@H](CO)[C@@H](O[C@@H]2O[C@H](CO)[C@H](O[C@@H]3O[C@H](CO)[C@H](O)[C@H](O[C@@H]4O[C@H](CO)[C@H](O)[C@H](O)[C@H]4O)[C@H]3CC(C)=O)[C@H](O[C@]3(C(=O)O)C[C@H](O)[C@@H](NC(C)=O)C([C@H](O)[C@@H](CO)O[C@]4(C(=O)O)C[C@H](O)[C@@H](NC(C)=O)C([C@H](O)[C@@H](CO)O[C@]5(C(=O)O)C[C@H](O)[C@@H](NC(C)=O)C([C@H](O)[C@H](O)CO)O5)O4)O3)[C@H]2O)[C@H](O)[C@H]1O)[C@H](O)/C=C/CCCCCCCCCCCCC. The van der Waals surface area contributed by atoms with Crippen molar-refractivity contribution in [3.05, 3.63) is 24.3 Å². The van der Waals surface area contributed by atoms with Gasteiger partial charge >= 0.3 is 17.9 Å². The number of carbonyl (C=O) groups is 8. The molecule has 850 valence electrons. The summed E-state index contributed by atoms with van der Waals surface area (Å²) in [5.74, 6) is -24.3. The van der Waals surface area contributed by atoms with Gasteiger partial charge in [0, 0.05) is 58.8 Å². The molecule has 0 aromatic heterocycles. The number of ketones is 1. The van der Waals surface area contributed by atoms with E-state index >= 15 is 0 Å². The Labute approximate surface area is 852 Å². The van der Waals surface area contributed by atoms with E-state index < -0.39 is 369 Å². The van der Waals surface area contributed by atoms with Crippen LogP contribution in [0.15, 0.2) is 24.3 Å². The molecule has 0 bridgehead atoms. The molecule has 7 heterocycles. The van der Waals surface area contributed by atoms with Crippen LogP contribution in [0.25, 0.3) is 0 Å². The molecule has 147 heavy (non-hydrogen) atoms. The highest BCUT2D eigenvalue weighted by molar-refractivity contribution is 5.79. The summed E-state index contributed by atoms with van der Waals surface area (Å²) in [5, 5.41) is 296. The van der Waals surface area contributed by atoms with Gasteiger partial charge in [0.05, 0.1) is 108 Å². The van der Waals surface area contributed by atoms with Gasteiger partial charge in [0.1, 0.15) is 146 Å². The maximum Gasteiger partial charge on any atom is 0.364 e. The molecule has 0 aliphatic carbocycles. The average molecular weight is 2130 g/mol. The minimum atomic E-state index is -3.81. The van der Waals surface area contributed by atoms with Gasteiger partial charge in [-0.05, 0) is 51.9 Å². The van der Waals surface area contributed by atoms with Gasteiger partial charge in [0.15, 0.2) is 25.2 Å². The lowest BCUT2D eigenvalue weighted by Crippen LogP contribution is -2.72. The van der Waals surface area contributed by atoms with E-state index in [4.69, 9.17) is 66.3 Å². The van der Waals surface area contributed by atoms with Gasteiger partial charge in [0.25, 0.3) is 17.4 Å². The molecule has 4 amide bonds. The third kappa shape index (κ3) is 36.0. The van der Waals surface area contributed by atoms with Crippen molar-refractivity contribution in [2.24, 2.45) is 5.92 Å². The van der Waals surface area contributed by atoms with E-state index in [0.29, 0.717) is 19.3 Å². The monoisotopic (exact) mass is 2130 g/mol. The van der Waals surface area contributed by atoms with E-state index in [2.05, 4.69) is 47.3 Å². The lowest BCUT2D eigenvalue weighted by Gasteiger charge is -2.53. The average Bonchev–Trinajstić information content (AvgIpc) is 0.739. The summed E-state index contributed by atoms with van der Waals surface area (Å²) in [4.78, 5) is 108. The van der Waals surface area contributed by atoms with Gasteiger partial charge in [0.2, 0.25) is 23.6 Å². The van der Waals surface area contributed by atoms with Crippen LogP contribution < -0.4 is 21.3 Å². The number of allylic oxidation sites excluding steroid dienone is 3. The van der Waals surface area contributed by atoms with Gasteiger partial charge in [-0.15, -0.1) is 0 Å². The number of carboxylic acid groups (broad SMARTS) is 3. The van der Waals surface area contributed by atoms with Crippen molar-refractivity contribution in [1.29, 1.82) is 0 Å². The second kappa shape index (κ2) is 63.1. The quantitative estimate of drug-likeness (QED) is 0.0199. The zero-order valence-electron chi connectivity index (χ0n) is 84.2. The van der Waals surface area contributed by atoms with Gasteiger partial charge in [-0.2, -0.15) is 0 Å². The number of Topliss-reactive ketones (excluding diaryl/α,β-unsaturated/α-hetero) is 1. The van der Waals surface area contributed by atoms with Crippen molar-refractivity contribution < 1.29 is 232 Å². The van der Waals surface area contributed by atoms with E-state index in [1.807, 2.05) is 0 Å².